The highest BCUT2D eigenvalue weighted by Gasteiger charge is 2.09. The summed E-state index contributed by atoms with van der Waals surface area (Å²) < 4.78 is 0. The Kier molecular flexibility index (Phi) is 5.89. The fraction of sp³-hybridized carbons (Fsp3) is 0.571. The minimum absolute atomic E-state index is 0.747. The molecule has 0 amide bonds. The molecule has 0 fully saturated rings. The Morgan fingerprint density at radius 3 is 2.38 bits per heavy atom. The lowest BCUT2D eigenvalue weighted by Gasteiger charge is -2.24. The third-order valence-electron chi connectivity index (χ3n) is 2.92. The zero-order valence-electron chi connectivity index (χ0n) is 10.5. The first-order valence-corrected chi connectivity index (χ1v) is 7.13. The van der Waals surface area contributed by atoms with E-state index in [1.165, 1.54) is 24.1 Å². The van der Waals surface area contributed by atoms with E-state index >= 15 is 0 Å². The molecule has 0 saturated carbocycles. The molecule has 0 heterocycles. The van der Waals surface area contributed by atoms with Gasteiger partial charge in [-0.2, -0.15) is 0 Å². The van der Waals surface area contributed by atoms with Gasteiger partial charge in [0.05, 0.1) is 0 Å². The van der Waals surface area contributed by atoms with Gasteiger partial charge in [0, 0.05) is 24.6 Å². The number of hydrogen-bond donors (Lipinski definition) is 0. The van der Waals surface area contributed by atoms with Crippen molar-refractivity contribution in [2.45, 2.75) is 26.7 Å². The van der Waals surface area contributed by atoms with Gasteiger partial charge >= 0.3 is 0 Å². The van der Waals surface area contributed by atoms with Gasteiger partial charge < -0.3 is 4.90 Å². The quantitative estimate of drug-likeness (QED) is 0.706. The average molecular weight is 284 g/mol. The van der Waals surface area contributed by atoms with Crippen LogP contribution < -0.4 is 4.90 Å². The molecule has 0 N–H and O–H groups in total. The molecule has 0 radical (unpaired) electrons. The Hall–Kier alpha value is -0.500. The van der Waals surface area contributed by atoms with Gasteiger partial charge in [-0.1, -0.05) is 47.0 Å². The molecule has 0 spiro atoms. The van der Waals surface area contributed by atoms with Crippen molar-refractivity contribution in [3.05, 3.63) is 29.8 Å². The van der Waals surface area contributed by atoms with Crippen LogP contribution in [0.25, 0.3) is 0 Å². The summed E-state index contributed by atoms with van der Waals surface area (Å²) in [7, 11) is 2.18. The summed E-state index contributed by atoms with van der Waals surface area (Å²) in [5.41, 5.74) is 2.63. The summed E-state index contributed by atoms with van der Waals surface area (Å²) in [6.07, 6.45) is 2.56. The molecule has 0 aliphatic carbocycles. The van der Waals surface area contributed by atoms with Gasteiger partial charge in [-0.15, -0.1) is 0 Å². The maximum Gasteiger partial charge on any atom is 0.0363 e. The van der Waals surface area contributed by atoms with Crippen molar-refractivity contribution in [3.8, 4) is 0 Å². The topological polar surface area (TPSA) is 3.24 Å². The highest BCUT2D eigenvalue weighted by molar-refractivity contribution is 9.09. The van der Waals surface area contributed by atoms with Gasteiger partial charge in [-0.3, -0.25) is 0 Å². The van der Waals surface area contributed by atoms with Crippen LogP contribution in [-0.2, 0) is 0 Å². The summed E-state index contributed by atoms with van der Waals surface area (Å²) in [6.45, 7) is 5.51. The lowest BCUT2D eigenvalue weighted by Crippen LogP contribution is -2.26. The van der Waals surface area contributed by atoms with Gasteiger partial charge in [0.15, 0.2) is 0 Å². The van der Waals surface area contributed by atoms with E-state index in [1.54, 1.807) is 0 Å². The Bertz CT molecular complexity index is 294. The van der Waals surface area contributed by atoms with E-state index in [1.807, 2.05) is 0 Å². The van der Waals surface area contributed by atoms with Crippen LogP contribution in [0.4, 0.5) is 5.69 Å². The third kappa shape index (κ3) is 4.17. The predicted molar refractivity (Wildman–Crippen MR) is 76.6 cm³/mol. The fourth-order valence-electron chi connectivity index (χ4n) is 1.92. The summed E-state index contributed by atoms with van der Waals surface area (Å²) >= 11 is 3.60. The standard InChI is InChI=1S/C14H22BrN/c1-4-5-13(10-15)11-16(3)14-8-6-12(2)7-9-14/h6-9,13H,4-5,10-11H2,1-3H3. The molecular formula is C14H22BrN. The smallest absolute Gasteiger partial charge is 0.0363 e. The third-order valence-corrected chi connectivity index (χ3v) is 3.84. The van der Waals surface area contributed by atoms with E-state index in [9.17, 15) is 0 Å². The lowest BCUT2D eigenvalue weighted by molar-refractivity contribution is 0.535. The first-order valence-electron chi connectivity index (χ1n) is 6.01. The molecule has 1 aromatic carbocycles. The lowest BCUT2D eigenvalue weighted by atomic mass is 10.1. The van der Waals surface area contributed by atoms with Gasteiger partial charge in [0.25, 0.3) is 0 Å². The van der Waals surface area contributed by atoms with Crippen LogP contribution in [0.15, 0.2) is 24.3 Å². The molecule has 16 heavy (non-hydrogen) atoms. The molecule has 1 nitrogen and oxygen atoms in total. The van der Waals surface area contributed by atoms with Crippen molar-refractivity contribution in [2.24, 2.45) is 5.92 Å². The van der Waals surface area contributed by atoms with Crippen molar-refractivity contribution in [1.82, 2.24) is 0 Å². The number of alkyl halides is 1. The Balaban J connectivity index is 2.56. The van der Waals surface area contributed by atoms with E-state index in [0.29, 0.717) is 0 Å². The van der Waals surface area contributed by atoms with E-state index < -0.39 is 0 Å². The maximum atomic E-state index is 3.60. The van der Waals surface area contributed by atoms with E-state index in [-0.39, 0.29) is 0 Å². The number of hydrogen-bond acceptors (Lipinski definition) is 1. The summed E-state index contributed by atoms with van der Waals surface area (Å²) in [6, 6.07) is 8.75. The summed E-state index contributed by atoms with van der Waals surface area (Å²) in [4.78, 5) is 2.35. The molecule has 0 aliphatic heterocycles. The van der Waals surface area contributed by atoms with Crippen molar-refractivity contribution in [3.63, 3.8) is 0 Å². The average Bonchev–Trinajstić information content (AvgIpc) is 2.29. The van der Waals surface area contributed by atoms with Gasteiger partial charge in [0.2, 0.25) is 0 Å². The number of aryl methyl sites for hydroxylation is 1. The molecule has 0 aliphatic rings. The zero-order valence-corrected chi connectivity index (χ0v) is 12.1. The van der Waals surface area contributed by atoms with Crippen LogP contribution in [0.1, 0.15) is 25.3 Å². The molecule has 1 atom stereocenters. The number of halogens is 1. The van der Waals surface area contributed by atoms with Crippen LogP contribution in [-0.4, -0.2) is 18.9 Å². The second-order valence-electron chi connectivity index (χ2n) is 4.53. The molecule has 1 rings (SSSR count). The molecule has 2 heteroatoms. The normalized spacial score (nSPS) is 12.5. The summed E-state index contributed by atoms with van der Waals surface area (Å²) in [5, 5.41) is 1.09. The fourth-order valence-corrected chi connectivity index (χ4v) is 2.45. The molecule has 90 valence electrons. The van der Waals surface area contributed by atoms with Crippen LogP contribution in [0, 0.1) is 12.8 Å². The summed E-state index contributed by atoms with van der Waals surface area (Å²) in [5.74, 6) is 0.747. The minimum atomic E-state index is 0.747. The second-order valence-corrected chi connectivity index (χ2v) is 5.17. The van der Waals surface area contributed by atoms with Crippen LogP contribution in [0.5, 0.6) is 0 Å². The van der Waals surface area contributed by atoms with Crippen molar-refractivity contribution in [2.75, 3.05) is 23.8 Å². The number of rotatable bonds is 6. The molecule has 1 aromatic rings. The number of anilines is 1. The molecule has 0 aromatic heterocycles. The van der Waals surface area contributed by atoms with Gasteiger partial charge in [-0.25, -0.2) is 0 Å². The van der Waals surface area contributed by atoms with Crippen molar-refractivity contribution < 1.29 is 0 Å². The molecule has 0 bridgehead atoms. The van der Waals surface area contributed by atoms with Crippen molar-refractivity contribution in [1.29, 1.82) is 0 Å². The van der Waals surface area contributed by atoms with E-state index in [0.717, 1.165) is 17.8 Å². The number of nitrogens with zero attached hydrogens (tertiary/aromatic N) is 1. The zero-order chi connectivity index (χ0) is 12.0. The molecular weight excluding hydrogens is 262 g/mol. The second kappa shape index (κ2) is 6.95. The highest BCUT2D eigenvalue weighted by atomic mass is 79.9. The van der Waals surface area contributed by atoms with E-state index in [4.69, 9.17) is 0 Å². The van der Waals surface area contributed by atoms with Gasteiger partial charge in [0.1, 0.15) is 0 Å². The number of benzene rings is 1. The molecule has 0 saturated heterocycles. The van der Waals surface area contributed by atoms with Crippen LogP contribution in [0.3, 0.4) is 0 Å². The predicted octanol–water partition coefficient (Wildman–Crippen LogP) is 4.24. The van der Waals surface area contributed by atoms with Crippen LogP contribution >= 0.6 is 15.9 Å². The monoisotopic (exact) mass is 283 g/mol. The maximum absolute atomic E-state index is 3.60. The highest BCUT2D eigenvalue weighted by Crippen LogP contribution is 2.17. The Morgan fingerprint density at radius 1 is 1.25 bits per heavy atom. The van der Waals surface area contributed by atoms with Crippen LogP contribution in [0.2, 0.25) is 0 Å². The Labute approximate surface area is 108 Å². The van der Waals surface area contributed by atoms with Gasteiger partial charge in [-0.05, 0) is 31.4 Å². The Morgan fingerprint density at radius 2 is 1.88 bits per heavy atom. The first-order chi connectivity index (χ1) is 7.67. The minimum Gasteiger partial charge on any atom is -0.374 e. The molecule has 1 unspecified atom stereocenters. The largest absolute Gasteiger partial charge is 0.374 e. The first kappa shape index (κ1) is 13.6. The van der Waals surface area contributed by atoms with Crippen molar-refractivity contribution >= 4 is 21.6 Å². The van der Waals surface area contributed by atoms with E-state index in [2.05, 4.69) is 66.0 Å². The SMILES string of the molecule is CCCC(CBr)CN(C)c1ccc(C)cc1.